The topological polar surface area (TPSA) is 49.8 Å². The molecule has 0 aromatic heterocycles. The van der Waals surface area contributed by atoms with E-state index in [1.807, 2.05) is 0 Å². The first kappa shape index (κ1) is 10.6. The lowest BCUT2D eigenvalue weighted by molar-refractivity contribution is -0.134. The van der Waals surface area contributed by atoms with Crippen molar-refractivity contribution in [1.82, 2.24) is 4.90 Å². The summed E-state index contributed by atoms with van der Waals surface area (Å²) in [6.45, 7) is 4.84. The number of carbonyl (C=O) groups excluding carboxylic acids is 1. The second kappa shape index (κ2) is 3.94. The molecular formula is C11H17NO3. The quantitative estimate of drug-likeness (QED) is 0.730. The van der Waals surface area contributed by atoms with E-state index >= 15 is 0 Å². The lowest BCUT2D eigenvalue weighted by Crippen LogP contribution is -2.40. The molecule has 2 atom stereocenters. The highest BCUT2D eigenvalue weighted by Crippen LogP contribution is 2.25. The molecule has 4 heteroatoms. The lowest BCUT2D eigenvalue weighted by Gasteiger charge is -2.24. The van der Waals surface area contributed by atoms with E-state index in [9.17, 15) is 9.90 Å². The van der Waals surface area contributed by atoms with Crippen LogP contribution in [0.25, 0.3) is 0 Å². The Morgan fingerprint density at radius 3 is 2.73 bits per heavy atom. The molecule has 2 unspecified atom stereocenters. The van der Waals surface area contributed by atoms with Gasteiger partial charge in [-0.3, -0.25) is 4.79 Å². The molecule has 1 amide bonds. The SMILES string of the molecule is CC1=C(C)C(O)N(CC2CCCO2)C1=O. The molecule has 15 heavy (non-hydrogen) atoms. The molecule has 4 nitrogen and oxygen atoms in total. The highest BCUT2D eigenvalue weighted by Gasteiger charge is 2.35. The van der Waals surface area contributed by atoms with Crippen LogP contribution in [0.15, 0.2) is 11.1 Å². The van der Waals surface area contributed by atoms with Crippen molar-refractivity contribution < 1.29 is 14.6 Å². The number of hydrogen-bond acceptors (Lipinski definition) is 3. The summed E-state index contributed by atoms with van der Waals surface area (Å²) in [5.41, 5.74) is 1.43. The molecule has 0 aromatic rings. The fourth-order valence-electron chi connectivity index (χ4n) is 2.11. The fourth-order valence-corrected chi connectivity index (χ4v) is 2.11. The Kier molecular flexibility index (Phi) is 2.80. The van der Waals surface area contributed by atoms with Crippen LogP contribution in [0, 0.1) is 0 Å². The van der Waals surface area contributed by atoms with Gasteiger partial charge in [0.2, 0.25) is 0 Å². The molecule has 0 radical (unpaired) electrons. The summed E-state index contributed by atoms with van der Waals surface area (Å²) < 4.78 is 5.46. The Morgan fingerprint density at radius 1 is 1.53 bits per heavy atom. The molecule has 2 heterocycles. The van der Waals surface area contributed by atoms with Gasteiger partial charge in [0.25, 0.3) is 5.91 Å². The van der Waals surface area contributed by atoms with Crippen molar-refractivity contribution in [2.75, 3.05) is 13.2 Å². The van der Waals surface area contributed by atoms with Crippen LogP contribution < -0.4 is 0 Å². The first-order valence-corrected chi connectivity index (χ1v) is 5.39. The third-order valence-corrected chi connectivity index (χ3v) is 3.28. The molecule has 0 saturated carbocycles. The molecule has 1 N–H and O–H groups in total. The highest BCUT2D eigenvalue weighted by atomic mass is 16.5. The van der Waals surface area contributed by atoms with Gasteiger partial charge in [0.15, 0.2) is 6.23 Å². The van der Waals surface area contributed by atoms with E-state index in [2.05, 4.69) is 0 Å². The van der Waals surface area contributed by atoms with E-state index in [4.69, 9.17) is 4.74 Å². The van der Waals surface area contributed by atoms with Gasteiger partial charge < -0.3 is 14.7 Å². The number of amides is 1. The van der Waals surface area contributed by atoms with E-state index < -0.39 is 6.23 Å². The molecule has 1 fully saturated rings. The molecule has 0 aromatic carbocycles. The Labute approximate surface area is 89.5 Å². The number of ether oxygens (including phenoxy) is 1. The number of rotatable bonds is 2. The molecule has 2 aliphatic rings. The van der Waals surface area contributed by atoms with Gasteiger partial charge in [-0.1, -0.05) is 0 Å². The highest BCUT2D eigenvalue weighted by molar-refractivity contribution is 5.96. The summed E-state index contributed by atoms with van der Waals surface area (Å²) in [5.74, 6) is -0.0597. The maximum absolute atomic E-state index is 11.8. The van der Waals surface area contributed by atoms with E-state index in [1.54, 1.807) is 13.8 Å². The smallest absolute Gasteiger partial charge is 0.251 e. The fraction of sp³-hybridized carbons (Fsp3) is 0.727. The van der Waals surface area contributed by atoms with Crippen molar-refractivity contribution in [2.45, 2.75) is 39.0 Å². The van der Waals surface area contributed by atoms with Gasteiger partial charge in [0.05, 0.1) is 12.6 Å². The minimum absolute atomic E-state index is 0.0597. The number of aliphatic hydroxyl groups excluding tert-OH is 1. The monoisotopic (exact) mass is 211 g/mol. The molecule has 0 aliphatic carbocycles. The zero-order chi connectivity index (χ0) is 11.0. The second-order valence-electron chi connectivity index (χ2n) is 4.27. The van der Waals surface area contributed by atoms with E-state index in [0.29, 0.717) is 12.1 Å². The number of carbonyl (C=O) groups is 1. The third-order valence-electron chi connectivity index (χ3n) is 3.28. The van der Waals surface area contributed by atoms with Crippen molar-refractivity contribution in [3.63, 3.8) is 0 Å². The summed E-state index contributed by atoms with van der Waals surface area (Å²) in [4.78, 5) is 13.3. The minimum Gasteiger partial charge on any atom is -0.376 e. The van der Waals surface area contributed by atoms with Crippen LogP contribution in [-0.2, 0) is 9.53 Å². The molecule has 2 rings (SSSR count). The van der Waals surface area contributed by atoms with Gasteiger partial charge in [-0.15, -0.1) is 0 Å². The summed E-state index contributed by atoms with van der Waals surface area (Å²) in [5, 5.41) is 9.85. The van der Waals surface area contributed by atoms with Gasteiger partial charge >= 0.3 is 0 Å². The van der Waals surface area contributed by atoms with Gasteiger partial charge in [0.1, 0.15) is 0 Å². The van der Waals surface area contributed by atoms with Crippen LogP contribution in [0.3, 0.4) is 0 Å². The number of aliphatic hydroxyl groups is 1. The summed E-state index contributed by atoms with van der Waals surface area (Å²) in [7, 11) is 0. The maximum Gasteiger partial charge on any atom is 0.251 e. The van der Waals surface area contributed by atoms with Crippen LogP contribution in [0.2, 0.25) is 0 Å². The average Bonchev–Trinajstić information content (AvgIpc) is 2.79. The lowest BCUT2D eigenvalue weighted by atomic mass is 10.2. The van der Waals surface area contributed by atoms with Gasteiger partial charge in [0, 0.05) is 12.2 Å². The van der Waals surface area contributed by atoms with Crippen LogP contribution >= 0.6 is 0 Å². The molecule has 0 spiro atoms. The van der Waals surface area contributed by atoms with E-state index in [0.717, 1.165) is 25.0 Å². The Balaban J connectivity index is 2.02. The molecule has 0 bridgehead atoms. The van der Waals surface area contributed by atoms with Crippen molar-refractivity contribution in [3.05, 3.63) is 11.1 Å². The van der Waals surface area contributed by atoms with Crippen molar-refractivity contribution >= 4 is 5.91 Å². The van der Waals surface area contributed by atoms with Crippen molar-refractivity contribution in [2.24, 2.45) is 0 Å². The average molecular weight is 211 g/mol. The van der Waals surface area contributed by atoms with Crippen molar-refractivity contribution in [1.29, 1.82) is 0 Å². The van der Waals surface area contributed by atoms with Gasteiger partial charge in [-0.25, -0.2) is 0 Å². The predicted molar refractivity (Wildman–Crippen MR) is 55.1 cm³/mol. The first-order valence-electron chi connectivity index (χ1n) is 5.39. The molecule has 84 valence electrons. The third kappa shape index (κ3) is 1.79. The zero-order valence-electron chi connectivity index (χ0n) is 9.19. The molecule has 2 aliphatic heterocycles. The summed E-state index contributed by atoms with van der Waals surface area (Å²) in [6, 6.07) is 0. The van der Waals surface area contributed by atoms with E-state index in [1.165, 1.54) is 4.90 Å². The van der Waals surface area contributed by atoms with Crippen LogP contribution in [0.1, 0.15) is 26.7 Å². The Morgan fingerprint density at radius 2 is 2.27 bits per heavy atom. The predicted octanol–water partition coefficient (Wildman–Crippen LogP) is 0.662. The minimum atomic E-state index is -0.748. The Hall–Kier alpha value is -0.870. The Bertz CT molecular complexity index is 305. The maximum atomic E-state index is 11.8. The van der Waals surface area contributed by atoms with E-state index in [-0.39, 0.29) is 12.0 Å². The van der Waals surface area contributed by atoms with Crippen LogP contribution in [-0.4, -0.2) is 41.4 Å². The summed E-state index contributed by atoms with van der Waals surface area (Å²) >= 11 is 0. The molecule has 1 saturated heterocycles. The number of hydrogen-bond donors (Lipinski definition) is 1. The van der Waals surface area contributed by atoms with Gasteiger partial charge in [-0.2, -0.15) is 0 Å². The normalized spacial score (nSPS) is 31.9. The number of nitrogens with zero attached hydrogens (tertiary/aromatic N) is 1. The summed E-state index contributed by atoms with van der Waals surface area (Å²) in [6.07, 6.45) is 1.38. The second-order valence-corrected chi connectivity index (χ2v) is 4.27. The first-order chi connectivity index (χ1) is 7.11. The van der Waals surface area contributed by atoms with Gasteiger partial charge in [-0.05, 0) is 32.3 Å². The molecular weight excluding hydrogens is 194 g/mol. The zero-order valence-corrected chi connectivity index (χ0v) is 9.19. The van der Waals surface area contributed by atoms with Crippen LogP contribution in [0.5, 0.6) is 0 Å². The standard InChI is InChI=1S/C11H17NO3/c1-7-8(2)11(14)12(10(7)13)6-9-4-3-5-15-9/h9-10,13H,3-6H2,1-2H3. The van der Waals surface area contributed by atoms with Crippen molar-refractivity contribution in [3.8, 4) is 0 Å². The van der Waals surface area contributed by atoms with Crippen LogP contribution in [0.4, 0.5) is 0 Å². The largest absolute Gasteiger partial charge is 0.376 e.